The number of rotatable bonds is 4. The van der Waals surface area contributed by atoms with Crippen molar-refractivity contribution in [1.82, 2.24) is 5.32 Å². The van der Waals surface area contributed by atoms with Gasteiger partial charge in [-0.15, -0.1) is 0 Å². The number of nitrogens with zero attached hydrogens (tertiary/aromatic N) is 1. The van der Waals surface area contributed by atoms with Crippen LogP contribution in [0.5, 0.6) is 0 Å². The van der Waals surface area contributed by atoms with Gasteiger partial charge in [-0.1, -0.05) is 24.3 Å². The fourth-order valence-corrected chi connectivity index (χ4v) is 2.01. The lowest BCUT2D eigenvalue weighted by Crippen LogP contribution is -2.12. The predicted octanol–water partition coefficient (Wildman–Crippen LogP) is 3.45. The molecule has 1 N–H and O–H groups in total. The van der Waals surface area contributed by atoms with E-state index in [-0.39, 0.29) is 0 Å². The molecule has 0 unspecified atom stereocenters. The minimum atomic E-state index is 0.705. The van der Waals surface area contributed by atoms with E-state index in [1.807, 2.05) is 24.3 Å². The van der Waals surface area contributed by atoms with Crippen molar-refractivity contribution < 1.29 is 0 Å². The second-order valence-electron chi connectivity index (χ2n) is 4.04. The third kappa shape index (κ3) is 3.83. The van der Waals surface area contributed by atoms with E-state index in [0.29, 0.717) is 5.56 Å². The molecule has 0 heterocycles. The summed E-state index contributed by atoms with van der Waals surface area (Å²) in [7, 11) is 0. The van der Waals surface area contributed by atoms with Gasteiger partial charge in [0.05, 0.1) is 11.6 Å². The van der Waals surface area contributed by atoms with Crippen molar-refractivity contribution in [2.24, 2.45) is 0 Å². The summed E-state index contributed by atoms with van der Waals surface area (Å²) in [6.45, 7) is 1.68. The van der Waals surface area contributed by atoms with Crippen LogP contribution in [0.3, 0.4) is 0 Å². The zero-order chi connectivity index (χ0) is 12.8. The molecule has 0 saturated heterocycles. The van der Waals surface area contributed by atoms with Crippen LogP contribution in [0.1, 0.15) is 16.7 Å². The van der Waals surface area contributed by atoms with Gasteiger partial charge in [0.15, 0.2) is 0 Å². The average Bonchev–Trinajstić information content (AvgIpc) is 2.42. The van der Waals surface area contributed by atoms with Crippen molar-refractivity contribution in [3.05, 3.63) is 68.8 Å². The lowest BCUT2D eigenvalue weighted by molar-refractivity contribution is 0.693. The van der Waals surface area contributed by atoms with Gasteiger partial charge < -0.3 is 5.32 Å². The van der Waals surface area contributed by atoms with Crippen molar-refractivity contribution in [3.8, 4) is 6.07 Å². The van der Waals surface area contributed by atoms with Crippen molar-refractivity contribution in [3.63, 3.8) is 0 Å². The molecule has 18 heavy (non-hydrogen) atoms. The molecule has 0 fully saturated rings. The Morgan fingerprint density at radius 1 is 0.889 bits per heavy atom. The van der Waals surface area contributed by atoms with Crippen molar-refractivity contribution in [2.75, 3.05) is 0 Å². The first-order chi connectivity index (χ1) is 8.78. The van der Waals surface area contributed by atoms with Gasteiger partial charge in [0, 0.05) is 16.7 Å². The fraction of sp³-hybridized carbons (Fsp3) is 0.133. The fourth-order valence-electron chi connectivity index (χ4n) is 1.65. The maximum Gasteiger partial charge on any atom is 0.0991 e. The Morgan fingerprint density at radius 2 is 1.39 bits per heavy atom. The molecule has 0 aliphatic carbocycles. The van der Waals surface area contributed by atoms with Crippen LogP contribution in [-0.4, -0.2) is 0 Å². The molecule has 0 aliphatic heterocycles. The summed E-state index contributed by atoms with van der Waals surface area (Å²) < 4.78 is 1.25. The summed E-state index contributed by atoms with van der Waals surface area (Å²) in [5.74, 6) is 0. The third-order valence-electron chi connectivity index (χ3n) is 2.65. The molecule has 0 bridgehead atoms. The summed E-state index contributed by atoms with van der Waals surface area (Å²) in [5.41, 5.74) is 3.18. The number of nitriles is 1. The van der Waals surface area contributed by atoms with Gasteiger partial charge in [-0.05, 0) is 58.0 Å². The largest absolute Gasteiger partial charge is 0.309 e. The topological polar surface area (TPSA) is 35.8 Å². The molecule has 2 aromatic rings. The van der Waals surface area contributed by atoms with Crippen LogP contribution >= 0.6 is 22.6 Å². The van der Waals surface area contributed by atoms with E-state index in [1.54, 1.807) is 0 Å². The van der Waals surface area contributed by atoms with E-state index >= 15 is 0 Å². The molecule has 2 aromatic carbocycles. The summed E-state index contributed by atoms with van der Waals surface area (Å²) in [5, 5.41) is 12.1. The maximum absolute atomic E-state index is 8.71. The molecule has 0 atom stereocenters. The van der Waals surface area contributed by atoms with Crippen LogP contribution in [-0.2, 0) is 13.1 Å². The third-order valence-corrected chi connectivity index (χ3v) is 3.37. The molecule has 2 rings (SSSR count). The lowest BCUT2D eigenvalue weighted by Gasteiger charge is -2.05. The Labute approximate surface area is 121 Å². The van der Waals surface area contributed by atoms with Crippen LogP contribution in [0.25, 0.3) is 0 Å². The van der Waals surface area contributed by atoms with Crippen LogP contribution < -0.4 is 5.32 Å². The lowest BCUT2D eigenvalue weighted by atomic mass is 10.1. The number of nitrogens with one attached hydrogen (secondary N) is 1. The number of hydrogen-bond donors (Lipinski definition) is 1. The normalized spacial score (nSPS) is 10.0. The smallest absolute Gasteiger partial charge is 0.0991 e. The van der Waals surface area contributed by atoms with Crippen molar-refractivity contribution in [2.45, 2.75) is 13.1 Å². The predicted molar refractivity (Wildman–Crippen MR) is 80.9 cm³/mol. The first-order valence-electron chi connectivity index (χ1n) is 5.72. The minimum Gasteiger partial charge on any atom is -0.309 e. The summed E-state index contributed by atoms with van der Waals surface area (Å²) in [6.07, 6.45) is 0. The van der Waals surface area contributed by atoms with E-state index in [0.717, 1.165) is 13.1 Å². The van der Waals surface area contributed by atoms with Gasteiger partial charge in [0.1, 0.15) is 0 Å². The summed E-state index contributed by atoms with van der Waals surface area (Å²) in [4.78, 5) is 0. The average molecular weight is 348 g/mol. The second-order valence-corrected chi connectivity index (χ2v) is 5.28. The molecule has 90 valence electrons. The van der Waals surface area contributed by atoms with E-state index in [4.69, 9.17) is 5.26 Å². The van der Waals surface area contributed by atoms with Gasteiger partial charge >= 0.3 is 0 Å². The highest BCUT2D eigenvalue weighted by atomic mass is 127. The standard InChI is InChI=1S/C15H13IN2/c16-15-7-5-14(6-8-15)11-18-10-13-3-1-12(9-17)2-4-13/h1-8,18H,10-11H2. The van der Waals surface area contributed by atoms with Crippen LogP contribution in [0.4, 0.5) is 0 Å². The van der Waals surface area contributed by atoms with Crippen LogP contribution in [0.2, 0.25) is 0 Å². The van der Waals surface area contributed by atoms with E-state index in [2.05, 4.69) is 58.2 Å². The van der Waals surface area contributed by atoms with E-state index in [1.165, 1.54) is 14.7 Å². The van der Waals surface area contributed by atoms with Gasteiger partial charge in [-0.3, -0.25) is 0 Å². The highest BCUT2D eigenvalue weighted by Gasteiger charge is 1.95. The molecule has 0 amide bonds. The molecule has 0 radical (unpaired) electrons. The Kier molecular flexibility index (Phi) is 4.73. The maximum atomic E-state index is 8.71. The molecular weight excluding hydrogens is 335 g/mol. The first kappa shape index (κ1) is 13.1. The minimum absolute atomic E-state index is 0.705. The highest BCUT2D eigenvalue weighted by Crippen LogP contribution is 2.07. The molecule has 2 nitrogen and oxygen atoms in total. The van der Waals surface area contributed by atoms with Gasteiger partial charge in [0.2, 0.25) is 0 Å². The zero-order valence-corrected chi connectivity index (χ0v) is 12.0. The summed E-state index contributed by atoms with van der Waals surface area (Å²) >= 11 is 2.30. The second kappa shape index (κ2) is 6.53. The van der Waals surface area contributed by atoms with Crippen LogP contribution in [0, 0.1) is 14.9 Å². The molecule has 0 saturated carbocycles. The van der Waals surface area contributed by atoms with E-state index in [9.17, 15) is 0 Å². The molecular formula is C15H13IN2. The number of benzene rings is 2. The Hall–Kier alpha value is -1.38. The number of halogens is 1. The monoisotopic (exact) mass is 348 g/mol. The molecule has 3 heteroatoms. The Balaban J connectivity index is 1.84. The summed E-state index contributed by atoms with van der Waals surface area (Å²) in [6, 6.07) is 18.3. The van der Waals surface area contributed by atoms with Gasteiger partial charge in [0.25, 0.3) is 0 Å². The van der Waals surface area contributed by atoms with Crippen LogP contribution in [0.15, 0.2) is 48.5 Å². The van der Waals surface area contributed by atoms with E-state index < -0.39 is 0 Å². The first-order valence-corrected chi connectivity index (χ1v) is 6.80. The Morgan fingerprint density at radius 3 is 1.89 bits per heavy atom. The molecule has 0 aliphatic rings. The Bertz CT molecular complexity index is 538. The quantitative estimate of drug-likeness (QED) is 0.859. The van der Waals surface area contributed by atoms with Crippen molar-refractivity contribution >= 4 is 22.6 Å². The molecule has 0 aromatic heterocycles. The highest BCUT2D eigenvalue weighted by molar-refractivity contribution is 14.1. The SMILES string of the molecule is N#Cc1ccc(CNCc2ccc(I)cc2)cc1. The van der Waals surface area contributed by atoms with Gasteiger partial charge in [-0.25, -0.2) is 0 Å². The molecule has 0 spiro atoms. The van der Waals surface area contributed by atoms with Gasteiger partial charge in [-0.2, -0.15) is 5.26 Å². The zero-order valence-electron chi connectivity index (χ0n) is 9.86. The number of hydrogen-bond acceptors (Lipinski definition) is 2. The van der Waals surface area contributed by atoms with Crippen molar-refractivity contribution in [1.29, 1.82) is 5.26 Å².